The van der Waals surface area contributed by atoms with Crippen molar-refractivity contribution in [2.24, 2.45) is 0 Å². The number of carbonyl (C=O) groups excluding carboxylic acids is 2. The van der Waals surface area contributed by atoms with E-state index < -0.39 is 0 Å². The highest BCUT2D eigenvalue weighted by molar-refractivity contribution is 5.81. The summed E-state index contributed by atoms with van der Waals surface area (Å²) in [5.74, 6) is -0.718. The summed E-state index contributed by atoms with van der Waals surface area (Å²) in [4.78, 5) is 24.4. The van der Waals surface area contributed by atoms with Gasteiger partial charge in [-0.2, -0.15) is 0 Å². The minimum absolute atomic E-state index is 0.250. The molecule has 0 rings (SSSR count). The maximum atomic E-state index is 10.4. The molecule has 0 atom stereocenters. The molecule has 0 unspecified atom stereocenters. The van der Waals surface area contributed by atoms with Gasteiger partial charge in [-0.15, -0.1) is 0 Å². The van der Waals surface area contributed by atoms with Crippen LogP contribution in [0.4, 0.5) is 0 Å². The molecule has 0 saturated heterocycles. The number of carbonyl (C=O) groups is 2. The Morgan fingerprint density at radius 2 is 1.27 bits per heavy atom. The molecule has 0 spiro atoms. The molecule has 0 aromatic carbocycles. The van der Waals surface area contributed by atoms with Crippen molar-refractivity contribution in [3.05, 3.63) is 25.3 Å². The number of aliphatic hydroxyl groups is 2. The van der Waals surface area contributed by atoms with Crippen LogP contribution in [0, 0.1) is 0 Å². The number of aliphatic hydroxyl groups excluding tert-OH is 2. The van der Waals surface area contributed by atoms with Crippen LogP contribution in [-0.4, -0.2) is 99.7 Å². The van der Waals surface area contributed by atoms with E-state index in [2.05, 4.69) is 17.9 Å². The molecular formula is C18H38N2O6. The number of ether oxygens (including phenoxy) is 2. The molecule has 0 bridgehead atoms. The van der Waals surface area contributed by atoms with Gasteiger partial charge in [-0.25, -0.2) is 9.59 Å². The van der Waals surface area contributed by atoms with Crippen LogP contribution in [0.2, 0.25) is 0 Å². The van der Waals surface area contributed by atoms with Crippen LogP contribution >= 0.6 is 0 Å². The van der Waals surface area contributed by atoms with E-state index in [0.29, 0.717) is 13.2 Å². The summed E-state index contributed by atoms with van der Waals surface area (Å²) in [6.45, 7) is 12.8. The van der Waals surface area contributed by atoms with Gasteiger partial charge in [-0.3, -0.25) is 0 Å². The molecule has 2 N–H and O–H groups in total. The Morgan fingerprint density at radius 1 is 0.885 bits per heavy atom. The standard InChI is InChI=1S/C7H13NO2.C5H8O2.C4H11NO.C2H6O/c1-4-7(9)10-6-5-8(2)3;1-3-5(6)7-4-2;1-5(2)3-4-6;1-2-3/h4H,1,5-6H2,2-3H3;3H,1,4H2,2H3;6H,3-4H2,1-2H3;3H,2H2,1H3. The first-order valence-corrected chi connectivity index (χ1v) is 8.26. The Morgan fingerprint density at radius 3 is 1.46 bits per heavy atom. The number of hydrogen-bond acceptors (Lipinski definition) is 8. The van der Waals surface area contributed by atoms with Crippen molar-refractivity contribution in [2.75, 3.05) is 67.7 Å². The maximum absolute atomic E-state index is 10.4. The van der Waals surface area contributed by atoms with Crippen molar-refractivity contribution in [1.29, 1.82) is 0 Å². The molecule has 8 heteroatoms. The average molecular weight is 379 g/mol. The van der Waals surface area contributed by atoms with Gasteiger partial charge in [0, 0.05) is 31.8 Å². The van der Waals surface area contributed by atoms with Crippen LogP contribution in [0.3, 0.4) is 0 Å². The lowest BCUT2D eigenvalue weighted by Gasteiger charge is -2.07. The molecule has 26 heavy (non-hydrogen) atoms. The topological polar surface area (TPSA) is 99.5 Å². The first-order valence-electron chi connectivity index (χ1n) is 8.26. The summed E-state index contributed by atoms with van der Waals surface area (Å²) < 4.78 is 9.14. The van der Waals surface area contributed by atoms with E-state index in [-0.39, 0.29) is 25.2 Å². The molecule has 8 nitrogen and oxygen atoms in total. The molecule has 0 amide bonds. The SMILES string of the molecule is C=CC(=O)OCC.C=CC(=O)OCCN(C)C.CCO.CN(C)CCO. The monoisotopic (exact) mass is 378 g/mol. The third-order valence-electron chi connectivity index (χ3n) is 1.95. The second kappa shape index (κ2) is 28.1. The Balaban J connectivity index is -0.000000134. The zero-order valence-electron chi connectivity index (χ0n) is 17.2. The van der Waals surface area contributed by atoms with Gasteiger partial charge in [0.2, 0.25) is 0 Å². The zero-order chi connectivity index (χ0) is 21.4. The van der Waals surface area contributed by atoms with E-state index >= 15 is 0 Å². The van der Waals surface area contributed by atoms with E-state index in [1.54, 1.807) is 13.8 Å². The molecule has 156 valence electrons. The summed E-state index contributed by atoms with van der Waals surface area (Å²) in [5, 5.41) is 15.8. The molecule has 0 aromatic heterocycles. The van der Waals surface area contributed by atoms with Gasteiger partial charge < -0.3 is 29.5 Å². The Labute approximate surface area is 158 Å². The van der Waals surface area contributed by atoms with E-state index in [9.17, 15) is 9.59 Å². The van der Waals surface area contributed by atoms with Crippen LogP contribution < -0.4 is 0 Å². The van der Waals surface area contributed by atoms with E-state index in [0.717, 1.165) is 25.2 Å². The lowest BCUT2D eigenvalue weighted by Crippen LogP contribution is -2.19. The second-order valence-corrected chi connectivity index (χ2v) is 4.97. The van der Waals surface area contributed by atoms with Gasteiger partial charge in [0.1, 0.15) is 6.61 Å². The lowest BCUT2D eigenvalue weighted by molar-refractivity contribution is -0.138. The molecule has 0 heterocycles. The number of nitrogens with zero attached hydrogens (tertiary/aromatic N) is 2. The second-order valence-electron chi connectivity index (χ2n) is 4.97. The van der Waals surface area contributed by atoms with Gasteiger partial charge in [0.25, 0.3) is 0 Å². The first kappa shape index (κ1) is 32.0. The van der Waals surface area contributed by atoms with Crippen molar-refractivity contribution >= 4 is 11.9 Å². The summed E-state index contributed by atoms with van der Waals surface area (Å²) in [6.07, 6.45) is 2.30. The van der Waals surface area contributed by atoms with Gasteiger partial charge in [-0.05, 0) is 42.0 Å². The third-order valence-corrected chi connectivity index (χ3v) is 1.95. The largest absolute Gasteiger partial charge is 0.463 e. The van der Waals surface area contributed by atoms with Crippen LogP contribution in [0.15, 0.2) is 25.3 Å². The minimum Gasteiger partial charge on any atom is -0.463 e. The Hall–Kier alpha value is -1.74. The summed E-state index contributed by atoms with van der Waals surface area (Å²) in [5.41, 5.74) is 0. The van der Waals surface area contributed by atoms with Crippen LogP contribution in [0.1, 0.15) is 13.8 Å². The van der Waals surface area contributed by atoms with Gasteiger partial charge in [0.15, 0.2) is 0 Å². The minimum atomic E-state index is -0.359. The lowest BCUT2D eigenvalue weighted by atomic mass is 10.6. The molecule has 0 radical (unpaired) electrons. The summed E-state index contributed by atoms with van der Waals surface area (Å²) >= 11 is 0. The molecule has 0 aromatic rings. The summed E-state index contributed by atoms with van der Waals surface area (Å²) in [6, 6.07) is 0. The van der Waals surface area contributed by atoms with Crippen molar-refractivity contribution < 1.29 is 29.3 Å². The van der Waals surface area contributed by atoms with Crippen molar-refractivity contribution in [3.8, 4) is 0 Å². The van der Waals surface area contributed by atoms with E-state index in [1.807, 2.05) is 38.0 Å². The zero-order valence-corrected chi connectivity index (χ0v) is 17.2. The fourth-order valence-electron chi connectivity index (χ4n) is 0.789. The first-order chi connectivity index (χ1) is 12.2. The summed E-state index contributed by atoms with van der Waals surface area (Å²) in [7, 11) is 7.69. The van der Waals surface area contributed by atoms with Crippen molar-refractivity contribution in [2.45, 2.75) is 13.8 Å². The fraction of sp³-hybridized carbons (Fsp3) is 0.667. The highest BCUT2D eigenvalue weighted by Crippen LogP contribution is 1.80. The Bertz CT molecular complexity index is 334. The smallest absolute Gasteiger partial charge is 0.330 e. The predicted molar refractivity (Wildman–Crippen MR) is 105 cm³/mol. The number of esters is 2. The molecule has 0 aliphatic heterocycles. The molecule has 0 aliphatic rings. The highest BCUT2D eigenvalue weighted by atomic mass is 16.5. The number of likely N-dealkylation sites (N-methyl/N-ethyl adjacent to an activating group) is 2. The quantitative estimate of drug-likeness (QED) is 0.467. The number of hydrogen-bond donors (Lipinski definition) is 2. The highest BCUT2D eigenvalue weighted by Gasteiger charge is 1.94. The maximum Gasteiger partial charge on any atom is 0.330 e. The van der Waals surface area contributed by atoms with Crippen LogP contribution in [-0.2, 0) is 19.1 Å². The molecule has 0 saturated carbocycles. The van der Waals surface area contributed by atoms with E-state index in [4.69, 9.17) is 14.9 Å². The van der Waals surface area contributed by atoms with Gasteiger partial charge in [-0.1, -0.05) is 13.2 Å². The molecule has 0 aliphatic carbocycles. The van der Waals surface area contributed by atoms with Crippen LogP contribution in [0.25, 0.3) is 0 Å². The Kier molecular flexibility index (Phi) is 34.5. The molecule has 0 fully saturated rings. The van der Waals surface area contributed by atoms with E-state index in [1.165, 1.54) is 0 Å². The van der Waals surface area contributed by atoms with Crippen LogP contribution in [0.5, 0.6) is 0 Å². The van der Waals surface area contributed by atoms with Gasteiger partial charge >= 0.3 is 11.9 Å². The van der Waals surface area contributed by atoms with Crippen molar-refractivity contribution in [1.82, 2.24) is 9.80 Å². The predicted octanol–water partition coefficient (Wildman–Crippen LogP) is 0.552. The van der Waals surface area contributed by atoms with Crippen molar-refractivity contribution in [3.63, 3.8) is 0 Å². The fourth-order valence-corrected chi connectivity index (χ4v) is 0.789. The normalized spacial score (nSPS) is 8.69. The number of rotatable bonds is 8. The third kappa shape index (κ3) is 49.5. The van der Waals surface area contributed by atoms with Gasteiger partial charge in [0.05, 0.1) is 13.2 Å². The molecular weight excluding hydrogens is 340 g/mol. The average Bonchev–Trinajstić information content (AvgIpc) is 2.56.